The molecule has 1 aliphatic rings. The number of nitrogens with zero attached hydrogens (tertiary/aromatic N) is 1. The fourth-order valence-corrected chi connectivity index (χ4v) is 2.08. The smallest absolute Gasteiger partial charge is 0.221 e. The minimum absolute atomic E-state index is 0.166. The Morgan fingerprint density at radius 2 is 2.12 bits per heavy atom. The Bertz CT molecular complexity index is 213. The molecule has 0 spiro atoms. The Labute approximate surface area is 105 Å². The molecule has 0 bridgehead atoms. The number of hydrogen-bond donors (Lipinski definition) is 1. The minimum atomic E-state index is 0.166. The van der Waals surface area contributed by atoms with Gasteiger partial charge in [0.25, 0.3) is 0 Å². The van der Waals surface area contributed by atoms with Crippen LogP contribution in [-0.4, -0.2) is 50.7 Å². The lowest BCUT2D eigenvalue weighted by molar-refractivity contribution is -0.121. The van der Waals surface area contributed by atoms with Crippen molar-refractivity contribution in [1.82, 2.24) is 10.2 Å². The molecule has 1 saturated heterocycles. The quantitative estimate of drug-likeness (QED) is 0.683. The lowest BCUT2D eigenvalue weighted by atomic mass is 9.99. The van der Waals surface area contributed by atoms with Crippen LogP contribution in [0.3, 0.4) is 0 Å². The predicted octanol–water partition coefficient (Wildman–Crippen LogP) is 1.26. The number of carbonyl (C=O) groups is 1. The third-order valence-electron chi connectivity index (χ3n) is 3.38. The first-order valence-corrected chi connectivity index (χ1v) is 6.70. The number of carbonyl (C=O) groups excluding carboxylic acids is 1. The fourth-order valence-electron chi connectivity index (χ4n) is 2.08. The van der Waals surface area contributed by atoms with E-state index in [2.05, 4.69) is 17.1 Å². The van der Waals surface area contributed by atoms with Crippen LogP contribution in [0.4, 0.5) is 0 Å². The van der Waals surface area contributed by atoms with Crippen molar-refractivity contribution < 1.29 is 9.53 Å². The molecule has 4 heteroatoms. The van der Waals surface area contributed by atoms with Gasteiger partial charge in [-0.25, -0.2) is 0 Å². The van der Waals surface area contributed by atoms with Gasteiger partial charge in [-0.05, 0) is 38.3 Å². The second kappa shape index (κ2) is 8.48. The van der Waals surface area contributed by atoms with E-state index < -0.39 is 0 Å². The van der Waals surface area contributed by atoms with Gasteiger partial charge < -0.3 is 15.0 Å². The first kappa shape index (κ1) is 14.5. The molecule has 4 nitrogen and oxygen atoms in total. The summed E-state index contributed by atoms with van der Waals surface area (Å²) >= 11 is 0. The summed E-state index contributed by atoms with van der Waals surface area (Å²) in [4.78, 5) is 13.9. The van der Waals surface area contributed by atoms with Gasteiger partial charge in [-0.15, -0.1) is 0 Å². The number of methoxy groups -OCH3 is 1. The Morgan fingerprint density at radius 3 is 2.76 bits per heavy atom. The van der Waals surface area contributed by atoms with E-state index in [9.17, 15) is 4.79 Å². The second-order valence-electron chi connectivity index (χ2n) is 4.97. The molecule has 0 unspecified atom stereocenters. The highest BCUT2D eigenvalue weighted by Gasteiger charge is 2.15. The Kier molecular flexibility index (Phi) is 7.21. The maximum atomic E-state index is 11.5. The molecule has 1 fully saturated rings. The number of piperidine rings is 1. The number of rotatable bonds is 7. The molecule has 1 N–H and O–H groups in total. The van der Waals surface area contributed by atoms with Gasteiger partial charge in [-0.2, -0.15) is 0 Å². The van der Waals surface area contributed by atoms with Crippen LogP contribution < -0.4 is 5.32 Å². The number of ether oxygens (including phenoxy) is 1. The van der Waals surface area contributed by atoms with Crippen LogP contribution in [0.2, 0.25) is 0 Å². The molecular formula is C13H26N2O2. The topological polar surface area (TPSA) is 41.6 Å². The van der Waals surface area contributed by atoms with Crippen LogP contribution in [-0.2, 0) is 9.53 Å². The molecule has 1 rings (SSSR count). The molecule has 1 heterocycles. The number of nitrogens with one attached hydrogen (secondary N) is 1. The molecule has 0 aromatic rings. The number of amides is 1. The maximum Gasteiger partial charge on any atom is 0.221 e. The highest BCUT2D eigenvalue weighted by atomic mass is 16.5. The molecule has 1 aliphatic heterocycles. The van der Waals surface area contributed by atoms with Gasteiger partial charge in [0.1, 0.15) is 0 Å². The van der Waals surface area contributed by atoms with Crippen molar-refractivity contribution in [3.05, 3.63) is 0 Å². The molecular weight excluding hydrogens is 216 g/mol. The Balaban J connectivity index is 1.99. The Hall–Kier alpha value is -0.610. The largest absolute Gasteiger partial charge is 0.385 e. The molecule has 0 saturated carbocycles. The van der Waals surface area contributed by atoms with Crippen molar-refractivity contribution in [2.45, 2.75) is 32.6 Å². The summed E-state index contributed by atoms with van der Waals surface area (Å²) in [5.41, 5.74) is 0. The lowest BCUT2D eigenvalue weighted by Gasteiger charge is -2.29. The molecule has 0 radical (unpaired) electrons. The molecule has 17 heavy (non-hydrogen) atoms. The van der Waals surface area contributed by atoms with Gasteiger partial charge in [0.15, 0.2) is 0 Å². The van der Waals surface area contributed by atoms with Crippen LogP contribution in [0.15, 0.2) is 0 Å². The van der Waals surface area contributed by atoms with Gasteiger partial charge in [0.05, 0.1) is 0 Å². The van der Waals surface area contributed by atoms with Crippen molar-refractivity contribution in [2.75, 3.05) is 39.9 Å². The standard InChI is InChI=1S/C13H26N2O2/c1-12-4-8-15(9-5-12)10-6-13(16)14-7-3-11-17-2/h12H,3-11H2,1-2H3,(H,14,16). The van der Waals surface area contributed by atoms with Gasteiger partial charge in [0.2, 0.25) is 5.91 Å². The molecule has 0 aliphatic carbocycles. The molecule has 0 atom stereocenters. The van der Waals surface area contributed by atoms with Gasteiger partial charge in [-0.3, -0.25) is 4.79 Å². The van der Waals surface area contributed by atoms with Crippen molar-refractivity contribution in [1.29, 1.82) is 0 Å². The SMILES string of the molecule is COCCCNC(=O)CCN1CCC(C)CC1. The van der Waals surface area contributed by atoms with E-state index in [1.54, 1.807) is 7.11 Å². The molecule has 100 valence electrons. The summed E-state index contributed by atoms with van der Waals surface area (Å²) in [7, 11) is 1.68. The predicted molar refractivity (Wildman–Crippen MR) is 69.0 cm³/mol. The number of hydrogen-bond acceptors (Lipinski definition) is 3. The average Bonchev–Trinajstić information content (AvgIpc) is 2.34. The van der Waals surface area contributed by atoms with E-state index in [0.29, 0.717) is 13.0 Å². The lowest BCUT2D eigenvalue weighted by Crippen LogP contribution is -2.36. The minimum Gasteiger partial charge on any atom is -0.385 e. The third kappa shape index (κ3) is 6.64. The zero-order chi connectivity index (χ0) is 12.5. The van der Waals surface area contributed by atoms with Crippen molar-refractivity contribution >= 4 is 5.91 Å². The van der Waals surface area contributed by atoms with Crippen molar-refractivity contribution in [2.24, 2.45) is 5.92 Å². The summed E-state index contributed by atoms with van der Waals surface area (Å²) < 4.78 is 4.93. The van der Waals surface area contributed by atoms with Crippen molar-refractivity contribution in [3.63, 3.8) is 0 Å². The molecule has 0 aromatic heterocycles. The van der Waals surface area contributed by atoms with Crippen molar-refractivity contribution in [3.8, 4) is 0 Å². The fraction of sp³-hybridized carbons (Fsp3) is 0.923. The monoisotopic (exact) mass is 242 g/mol. The third-order valence-corrected chi connectivity index (χ3v) is 3.38. The van der Waals surface area contributed by atoms with Crippen LogP contribution in [0, 0.1) is 5.92 Å². The zero-order valence-corrected chi connectivity index (χ0v) is 11.2. The molecule has 1 amide bonds. The first-order chi connectivity index (χ1) is 8.22. The summed E-state index contributed by atoms with van der Waals surface area (Å²) in [6, 6.07) is 0. The van der Waals surface area contributed by atoms with Gasteiger partial charge >= 0.3 is 0 Å². The van der Waals surface area contributed by atoms with E-state index in [1.807, 2.05) is 0 Å². The number of likely N-dealkylation sites (tertiary alicyclic amines) is 1. The maximum absolute atomic E-state index is 11.5. The van der Waals surface area contributed by atoms with E-state index in [1.165, 1.54) is 12.8 Å². The van der Waals surface area contributed by atoms with Crippen LogP contribution in [0.25, 0.3) is 0 Å². The normalized spacial score (nSPS) is 18.2. The van der Waals surface area contributed by atoms with E-state index in [-0.39, 0.29) is 5.91 Å². The summed E-state index contributed by atoms with van der Waals surface area (Å²) in [5.74, 6) is 1.02. The van der Waals surface area contributed by atoms with E-state index in [0.717, 1.165) is 38.5 Å². The van der Waals surface area contributed by atoms with Crippen LogP contribution in [0.5, 0.6) is 0 Å². The highest BCUT2D eigenvalue weighted by molar-refractivity contribution is 5.75. The van der Waals surface area contributed by atoms with Crippen LogP contribution >= 0.6 is 0 Å². The summed E-state index contributed by atoms with van der Waals surface area (Å²) in [6.07, 6.45) is 4.07. The summed E-state index contributed by atoms with van der Waals surface area (Å²) in [6.45, 7) is 6.95. The van der Waals surface area contributed by atoms with E-state index in [4.69, 9.17) is 4.74 Å². The van der Waals surface area contributed by atoms with Gasteiger partial charge in [-0.1, -0.05) is 6.92 Å². The van der Waals surface area contributed by atoms with E-state index >= 15 is 0 Å². The molecule has 0 aromatic carbocycles. The summed E-state index contributed by atoms with van der Waals surface area (Å²) in [5, 5.41) is 2.92. The van der Waals surface area contributed by atoms with Crippen LogP contribution in [0.1, 0.15) is 32.6 Å². The second-order valence-corrected chi connectivity index (χ2v) is 4.97. The Morgan fingerprint density at radius 1 is 1.41 bits per heavy atom. The first-order valence-electron chi connectivity index (χ1n) is 6.70. The zero-order valence-electron chi connectivity index (χ0n) is 11.2. The van der Waals surface area contributed by atoms with Gasteiger partial charge in [0, 0.05) is 33.2 Å². The highest BCUT2D eigenvalue weighted by Crippen LogP contribution is 2.15. The average molecular weight is 242 g/mol.